The summed E-state index contributed by atoms with van der Waals surface area (Å²) in [5.41, 5.74) is 0.562. The predicted molar refractivity (Wildman–Crippen MR) is 92.5 cm³/mol. The normalized spacial score (nSPS) is 19.1. The van der Waals surface area contributed by atoms with Crippen molar-refractivity contribution in [1.82, 2.24) is 10.3 Å². The van der Waals surface area contributed by atoms with Gasteiger partial charge in [0.25, 0.3) is 0 Å². The van der Waals surface area contributed by atoms with Crippen molar-refractivity contribution < 1.29 is 9.00 Å². The topological polar surface area (TPSA) is 59.1 Å². The molecule has 1 N–H and O–H groups in total. The zero-order valence-electron chi connectivity index (χ0n) is 13.8. The van der Waals surface area contributed by atoms with Crippen molar-refractivity contribution in [3.63, 3.8) is 0 Å². The molecule has 1 fully saturated rings. The monoisotopic (exact) mass is 342 g/mol. The van der Waals surface area contributed by atoms with Gasteiger partial charge in [0, 0.05) is 27.6 Å². The highest BCUT2D eigenvalue weighted by Gasteiger charge is 2.25. The minimum atomic E-state index is -1.24. The third kappa shape index (κ3) is 4.88. The molecular formula is C16H26N2O2S2. The summed E-state index contributed by atoms with van der Waals surface area (Å²) in [4.78, 5) is 16.7. The van der Waals surface area contributed by atoms with E-state index in [-0.39, 0.29) is 11.4 Å². The van der Waals surface area contributed by atoms with E-state index in [9.17, 15) is 9.00 Å². The molecule has 1 aromatic heterocycles. The van der Waals surface area contributed by atoms with Crippen molar-refractivity contribution in [3.05, 3.63) is 16.1 Å². The second-order valence-electron chi connectivity index (χ2n) is 7.07. The molecule has 0 spiro atoms. The molecule has 0 aromatic carbocycles. The van der Waals surface area contributed by atoms with Crippen LogP contribution in [0.4, 0.5) is 0 Å². The number of amides is 1. The van der Waals surface area contributed by atoms with Gasteiger partial charge in [0.15, 0.2) is 0 Å². The lowest BCUT2D eigenvalue weighted by atomic mass is 10.1. The van der Waals surface area contributed by atoms with Crippen LogP contribution in [0.1, 0.15) is 70.0 Å². The number of carbonyl (C=O) groups excluding carboxylic acids is 1. The molecule has 2 rings (SSSR count). The first kappa shape index (κ1) is 17.6. The molecule has 1 heterocycles. The number of nitrogens with zero attached hydrogens (tertiary/aromatic N) is 1. The van der Waals surface area contributed by atoms with Crippen LogP contribution >= 0.6 is 11.3 Å². The highest BCUT2D eigenvalue weighted by molar-refractivity contribution is 7.85. The van der Waals surface area contributed by atoms with Gasteiger partial charge in [-0.15, -0.1) is 11.3 Å². The largest absolute Gasteiger partial charge is 0.350 e. The maximum Gasteiger partial charge on any atom is 0.235 e. The van der Waals surface area contributed by atoms with E-state index in [1.165, 1.54) is 30.7 Å². The van der Waals surface area contributed by atoms with Crippen LogP contribution in [0, 0.1) is 0 Å². The number of hydrogen-bond donors (Lipinski definition) is 1. The van der Waals surface area contributed by atoms with Gasteiger partial charge in [0.1, 0.15) is 5.25 Å². The SMILES string of the molecule is CC(C(=O)NC(C)(C)C)S(=O)Cc1csc(C2CCCC2)n1. The van der Waals surface area contributed by atoms with Crippen molar-refractivity contribution >= 4 is 28.0 Å². The number of aromatic nitrogens is 1. The second-order valence-corrected chi connectivity index (χ2v) is 9.71. The van der Waals surface area contributed by atoms with Gasteiger partial charge in [-0.3, -0.25) is 9.00 Å². The van der Waals surface area contributed by atoms with E-state index in [0.717, 1.165) is 5.69 Å². The fourth-order valence-electron chi connectivity index (χ4n) is 2.61. The summed E-state index contributed by atoms with van der Waals surface area (Å²) in [6, 6.07) is 0. The molecule has 0 radical (unpaired) electrons. The number of nitrogens with one attached hydrogen (secondary N) is 1. The minimum Gasteiger partial charge on any atom is -0.350 e. The molecule has 0 saturated heterocycles. The Balaban J connectivity index is 1.92. The van der Waals surface area contributed by atoms with Gasteiger partial charge in [-0.05, 0) is 40.5 Å². The Labute approximate surface area is 139 Å². The van der Waals surface area contributed by atoms with Crippen molar-refractivity contribution in [2.45, 2.75) is 75.8 Å². The summed E-state index contributed by atoms with van der Waals surface area (Å²) in [6.07, 6.45) is 5.02. The highest BCUT2D eigenvalue weighted by Crippen LogP contribution is 2.35. The quantitative estimate of drug-likeness (QED) is 0.892. The molecular weight excluding hydrogens is 316 g/mol. The summed E-state index contributed by atoms with van der Waals surface area (Å²) in [5.74, 6) is 0.799. The molecule has 124 valence electrons. The van der Waals surface area contributed by atoms with Gasteiger partial charge in [0.05, 0.1) is 16.5 Å². The maximum atomic E-state index is 12.4. The maximum absolute atomic E-state index is 12.4. The Hall–Kier alpha value is -0.750. The molecule has 4 nitrogen and oxygen atoms in total. The molecule has 1 aromatic rings. The highest BCUT2D eigenvalue weighted by atomic mass is 32.2. The van der Waals surface area contributed by atoms with Gasteiger partial charge in [0.2, 0.25) is 5.91 Å². The van der Waals surface area contributed by atoms with Crippen LogP contribution in [0.2, 0.25) is 0 Å². The van der Waals surface area contributed by atoms with E-state index < -0.39 is 16.0 Å². The smallest absolute Gasteiger partial charge is 0.235 e. The Morgan fingerprint density at radius 1 is 1.45 bits per heavy atom. The first-order chi connectivity index (χ1) is 10.3. The van der Waals surface area contributed by atoms with Crippen molar-refractivity contribution in [3.8, 4) is 0 Å². The molecule has 1 aliphatic rings. The van der Waals surface area contributed by atoms with E-state index in [1.807, 2.05) is 26.2 Å². The van der Waals surface area contributed by atoms with E-state index in [1.54, 1.807) is 18.3 Å². The van der Waals surface area contributed by atoms with Gasteiger partial charge in [-0.25, -0.2) is 4.98 Å². The number of thiazole rings is 1. The van der Waals surface area contributed by atoms with Gasteiger partial charge < -0.3 is 5.32 Å². The third-order valence-corrected chi connectivity index (χ3v) is 6.46. The van der Waals surface area contributed by atoms with Gasteiger partial charge in [-0.2, -0.15) is 0 Å². The Morgan fingerprint density at radius 3 is 2.68 bits per heavy atom. The summed E-state index contributed by atoms with van der Waals surface area (Å²) in [5, 5.41) is 5.55. The predicted octanol–water partition coefficient (Wildman–Crippen LogP) is 3.35. The summed E-state index contributed by atoms with van der Waals surface area (Å²) in [7, 11) is -1.24. The van der Waals surface area contributed by atoms with E-state index in [4.69, 9.17) is 0 Å². The van der Waals surface area contributed by atoms with Crippen molar-refractivity contribution in [2.75, 3.05) is 0 Å². The first-order valence-corrected chi connectivity index (χ1v) is 10.2. The van der Waals surface area contributed by atoms with Crippen LogP contribution in [0.25, 0.3) is 0 Å². The zero-order valence-corrected chi connectivity index (χ0v) is 15.5. The molecule has 0 aliphatic heterocycles. The first-order valence-electron chi connectivity index (χ1n) is 7.90. The fraction of sp³-hybridized carbons (Fsp3) is 0.750. The third-order valence-electron chi connectivity index (χ3n) is 3.83. The molecule has 2 unspecified atom stereocenters. The molecule has 2 atom stereocenters. The molecule has 22 heavy (non-hydrogen) atoms. The minimum absolute atomic E-state index is 0.155. The standard InChI is InChI=1S/C16H26N2O2S2/c1-11(14(19)18-16(2,3)4)22(20)10-13-9-21-15(17-13)12-7-5-6-8-12/h9,11-12H,5-8,10H2,1-4H3,(H,18,19). The Bertz CT molecular complexity index is 543. The van der Waals surface area contributed by atoms with E-state index in [2.05, 4.69) is 10.3 Å². The molecule has 1 amide bonds. The molecule has 1 aliphatic carbocycles. The van der Waals surface area contributed by atoms with E-state index in [0.29, 0.717) is 11.7 Å². The zero-order chi connectivity index (χ0) is 16.3. The second kappa shape index (κ2) is 7.21. The van der Waals surface area contributed by atoms with Crippen LogP contribution in [-0.2, 0) is 21.3 Å². The van der Waals surface area contributed by atoms with E-state index >= 15 is 0 Å². The average Bonchev–Trinajstić information content (AvgIpc) is 3.05. The van der Waals surface area contributed by atoms with Crippen LogP contribution in [0.15, 0.2) is 5.38 Å². The number of hydrogen-bond acceptors (Lipinski definition) is 4. The number of rotatable bonds is 5. The number of carbonyl (C=O) groups is 1. The van der Waals surface area contributed by atoms with Gasteiger partial charge in [-0.1, -0.05) is 12.8 Å². The van der Waals surface area contributed by atoms with Crippen LogP contribution in [0.3, 0.4) is 0 Å². The summed E-state index contributed by atoms with van der Waals surface area (Å²) < 4.78 is 12.4. The van der Waals surface area contributed by atoms with Crippen molar-refractivity contribution in [2.24, 2.45) is 0 Å². The van der Waals surface area contributed by atoms with Crippen molar-refractivity contribution in [1.29, 1.82) is 0 Å². The summed E-state index contributed by atoms with van der Waals surface area (Å²) in [6.45, 7) is 7.50. The van der Waals surface area contributed by atoms with Crippen LogP contribution in [-0.4, -0.2) is 25.9 Å². The summed E-state index contributed by atoms with van der Waals surface area (Å²) >= 11 is 1.67. The van der Waals surface area contributed by atoms with Gasteiger partial charge >= 0.3 is 0 Å². The van der Waals surface area contributed by atoms with Crippen LogP contribution < -0.4 is 5.32 Å². The fourth-order valence-corrected chi connectivity index (χ4v) is 4.69. The molecule has 1 saturated carbocycles. The van der Waals surface area contributed by atoms with Crippen LogP contribution in [0.5, 0.6) is 0 Å². The molecule has 6 heteroatoms. The Kier molecular flexibility index (Phi) is 5.77. The average molecular weight is 343 g/mol. The molecule has 0 bridgehead atoms. The lowest BCUT2D eigenvalue weighted by Crippen LogP contribution is -2.46. The lowest BCUT2D eigenvalue weighted by molar-refractivity contribution is -0.121. The lowest BCUT2D eigenvalue weighted by Gasteiger charge is -2.22. The Morgan fingerprint density at radius 2 is 2.09 bits per heavy atom.